The zero-order chi connectivity index (χ0) is 18.8. The van der Waals surface area contributed by atoms with Crippen LogP contribution in [0.4, 0.5) is 0 Å². The van der Waals surface area contributed by atoms with Crippen LogP contribution in [0.5, 0.6) is 0 Å². The minimum absolute atomic E-state index is 0.132. The van der Waals surface area contributed by atoms with Crippen molar-refractivity contribution in [1.82, 2.24) is 14.8 Å². The average molecular weight is 359 g/mol. The first-order valence-corrected chi connectivity index (χ1v) is 9.44. The Bertz CT molecular complexity index is 917. The number of carbonyl (C=O) groups is 1. The van der Waals surface area contributed by atoms with E-state index < -0.39 is 0 Å². The molecule has 2 heterocycles. The summed E-state index contributed by atoms with van der Waals surface area (Å²) < 4.78 is 0. The molecule has 4 heteroatoms. The predicted octanol–water partition coefficient (Wildman–Crippen LogP) is 4.04. The van der Waals surface area contributed by atoms with Gasteiger partial charge in [0.2, 0.25) is 0 Å². The normalized spacial score (nSPS) is 15.1. The molecule has 1 aliphatic rings. The zero-order valence-electron chi connectivity index (χ0n) is 15.9. The molecule has 0 saturated carbocycles. The van der Waals surface area contributed by atoms with Crippen molar-refractivity contribution in [2.24, 2.45) is 0 Å². The van der Waals surface area contributed by atoms with E-state index in [2.05, 4.69) is 60.3 Å². The van der Waals surface area contributed by atoms with Gasteiger partial charge in [0.15, 0.2) is 0 Å². The third kappa shape index (κ3) is 3.81. The highest BCUT2D eigenvalue weighted by atomic mass is 16.2. The third-order valence-corrected chi connectivity index (χ3v) is 5.28. The molecule has 0 radical (unpaired) electrons. The molecular weight excluding hydrogens is 334 g/mol. The predicted molar refractivity (Wildman–Crippen MR) is 110 cm³/mol. The molecule has 0 bridgehead atoms. The van der Waals surface area contributed by atoms with Crippen LogP contribution in [-0.2, 0) is 0 Å². The summed E-state index contributed by atoms with van der Waals surface area (Å²) in [5, 5.41) is 0. The number of aromatic amines is 1. The van der Waals surface area contributed by atoms with Crippen LogP contribution < -0.4 is 0 Å². The molecule has 1 aromatic heterocycles. The topological polar surface area (TPSA) is 39.3 Å². The molecule has 1 fully saturated rings. The van der Waals surface area contributed by atoms with Crippen LogP contribution in [0.2, 0.25) is 0 Å². The molecule has 1 N–H and O–H groups in total. The third-order valence-electron chi connectivity index (χ3n) is 5.28. The molecule has 0 spiro atoms. The van der Waals surface area contributed by atoms with E-state index >= 15 is 0 Å². The zero-order valence-corrected chi connectivity index (χ0v) is 15.9. The smallest absolute Gasteiger partial charge is 0.253 e. The minimum atomic E-state index is 0.132. The van der Waals surface area contributed by atoms with E-state index in [1.54, 1.807) is 0 Å². The molecular formula is C23H25N3O. The van der Waals surface area contributed by atoms with Crippen LogP contribution in [0.1, 0.15) is 16.1 Å². The number of hydrogen-bond acceptors (Lipinski definition) is 2. The van der Waals surface area contributed by atoms with Gasteiger partial charge in [-0.05, 0) is 54.9 Å². The van der Waals surface area contributed by atoms with E-state index in [4.69, 9.17) is 0 Å². The summed E-state index contributed by atoms with van der Waals surface area (Å²) in [5.74, 6) is 0.132. The van der Waals surface area contributed by atoms with Crippen LogP contribution in [0, 0.1) is 6.92 Å². The van der Waals surface area contributed by atoms with Crippen molar-refractivity contribution in [2.45, 2.75) is 6.92 Å². The van der Waals surface area contributed by atoms with E-state index in [1.807, 2.05) is 29.2 Å². The first-order chi connectivity index (χ1) is 13.1. The second kappa shape index (κ2) is 7.41. The Balaban J connectivity index is 1.48. The van der Waals surface area contributed by atoms with Gasteiger partial charge >= 0.3 is 0 Å². The number of likely N-dealkylation sites (N-methyl/N-ethyl adjacent to an activating group) is 1. The number of aryl methyl sites for hydroxylation is 1. The Morgan fingerprint density at radius 3 is 1.89 bits per heavy atom. The Morgan fingerprint density at radius 2 is 1.33 bits per heavy atom. The Kier molecular flexibility index (Phi) is 4.82. The molecule has 2 aromatic carbocycles. The fourth-order valence-electron chi connectivity index (χ4n) is 3.51. The van der Waals surface area contributed by atoms with Gasteiger partial charge in [-0.25, -0.2) is 0 Å². The maximum absolute atomic E-state index is 12.7. The molecule has 138 valence electrons. The van der Waals surface area contributed by atoms with Gasteiger partial charge in [0.1, 0.15) is 0 Å². The maximum atomic E-state index is 12.7. The number of H-pyrrole nitrogens is 1. The minimum Gasteiger partial charge on any atom is -0.359 e. The van der Waals surface area contributed by atoms with Gasteiger partial charge in [0.25, 0.3) is 5.91 Å². The molecule has 1 saturated heterocycles. The number of benzene rings is 2. The lowest BCUT2D eigenvalue weighted by molar-refractivity contribution is 0.0664. The van der Waals surface area contributed by atoms with Gasteiger partial charge in [-0.2, -0.15) is 0 Å². The van der Waals surface area contributed by atoms with Crippen LogP contribution in [0.3, 0.4) is 0 Å². The summed E-state index contributed by atoms with van der Waals surface area (Å²) in [6.07, 6.45) is 0. The van der Waals surface area contributed by atoms with Crippen molar-refractivity contribution in [1.29, 1.82) is 0 Å². The quantitative estimate of drug-likeness (QED) is 0.766. The summed E-state index contributed by atoms with van der Waals surface area (Å²) in [6.45, 7) is 5.55. The summed E-state index contributed by atoms with van der Waals surface area (Å²) in [7, 11) is 2.10. The van der Waals surface area contributed by atoms with Crippen molar-refractivity contribution in [3.8, 4) is 22.4 Å². The van der Waals surface area contributed by atoms with Crippen LogP contribution in [-0.4, -0.2) is 53.9 Å². The lowest BCUT2D eigenvalue weighted by Gasteiger charge is -2.32. The standard InChI is InChI=1S/C23H25N3O/c1-17-3-12-22(24-17)20-8-4-18(5-9-20)19-6-10-21(11-7-19)23(27)26-15-13-25(2)14-16-26/h3-12,24H,13-16H2,1-2H3. The Hall–Kier alpha value is -2.85. The first kappa shape index (κ1) is 17.6. The van der Waals surface area contributed by atoms with E-state index in [1.165, 1.54) is 5.56 Å². The molecule has 0 aliphatic carbocycles. The number of nitrogens with one attached hydrogen (secondary N) is 1. The van der Waals surface area contributed by atoms with Crippen LogP contribution in [0.25, 0.3) is 22.4 Å². The maximum Gasteiger partial charge on any atom is 0.253 e. The second-order valence-corrected chi connectivity index (χ2v) is 7.31. The number of aromatic nitrogens is 1. The molecule has 3 aromatic rings. The van der Waals surface area contributed by atoms with E-state index in [0.717, 1.165) is 54.3 Å². The van der Waals surface area contributed by atoms with Crippen LogP contribution >= 0.6 is 0 Å². The molecule has 1 aliphatic heterocycles. The highest BCUT2D eigenvalue weighted by Crippen LogP contribution is 2.25. The van der Waals surface area contributed by atoms with Gasteiger partial charge < -0.3 is 14.8 Å². The Morgan fingerprint density at radius 1 is 0.778 bits per heavy atom. The van der Waals surface area contributed by atoms with Gasteiger partial charge in [-0.1, -0.05) is 36.4 Å². The van der Waals surface area contributed by atoms with Crippen molar-refractivity contribution >= 4 is 5.91 Å². The average Bonchev–Trinajstić information content (AvgIpc) is 3.15. The van der Waals surface area contributed by atoms with Crippen molar-refractivity contribution < 1.29 is 4.79 Å². The Labute approximate surface area is 160 Å². The lowest BCUT2D eigenvalue weighted by atomic mass is 10.0. The number of amides is 1. The second-order valence-electron chi connectivity index (χ2n) is 7.31. The first-order valence-electron chi connectivity index (χ1n) is 9.44. The summed E-state index contributed by atoms with van der Waals surface area (Å²) in [4.78, 5) is 20.2. The van der Waals surface area contributed by atoms with Gasteiger partial charge in [-0.3, -0.25) is 4.79 Å². The van der Waals surface area contributed by atoms with E-state index in [-0.39, 0.29) is 5.91 Å². The van der Waals surface area contributed by atoms with Crippen molar-refractivity contribution in [3.05, 3.63) is 71.9 Å². The van der Waals surface area contributed by atoms with E-state index in [0.29, 0.717) is 0 Å². The van der Waals surface area contributed by atoms with E-state index in [9.17, 15) is 4.79 Å². The number of carbonyl (C=O) groups excluding carboxylic acids is 1. The molecule has 1 amide bonds. The van der Waals surface area contributed by atoms with Gasteiger partial charge in [0, 0.05) is 43.1 Å². The molecule has 27 heavy (non-hydrogen) atoms. The lowest BCUT2D eigenvalue weighted by Crippen LogP contribution is -2.47. The van der Waals surface area contributed by atoms with Gasteiger partial charge in [0.05, 0.1) is 0 Å². The largest absolute Gasteiger partial charge is 0.359 e. The van der Waals surface area contributed by atoms with Crippen LogP contribution in [0.15, 0.2) is 60.7 Å². The van der Waals surface area contributed by atoms with Crippen molar-refractivity contribution in [2.75, 3.05) is 33.2 Å². The monoisotopic (exact) mass is 359 g/mol. The molecule has 0 atom stereocenters. The number of piperazine rings is 1. The highest BCUT2D eigenvalue weighted by molar-refractivity contribution is 5.94. The number of hydrogen-bond donors (Lipinski definition) is 1. The van der Waals surface area contributed by atoms with Gasteiger partial charge in [-0.15, -0.1) is 0 Å². The van der Waals surface area contributed by atoms with Crippen molar-refractivity contribution in [3.63, 3.8) is 0 Å². The fraction of sp³-hybridized carbons (Fsp3) is 0.261. The summed E-state index contributed by atoms with van der Waals surface area (Å²) >= 11 is 0. The number of rotatable bonds is 3. The SMILES string of the molecule is Cc1ccc(-c2ccc(-c3ccc(C(=O)N4CCN(C)CC4)cc3)cc2)[nH]1. The molecule has 4 nitrogen and oxygen atoms in total. The number of nitrogens with zero attached hydrogens (tertiary/aromatic N) is 2. The fourth-order valence-corrected chi connectivity index (χ4v) is 3.51. The highest BCUT2D eigenvalue weighted by Gasteiger charge is 2.20. The summed E-state index contributed by atoms with van der Waals surface area (Å²) in [6, 6.07) is 20.7. The summed E-state index contributed by atoms with van der Waals surface area (Å²) in [5.41, 5.74) is 6.51. The molecule has 0 unspecified atom stereocenters. The molecule has 4 rings (SSSR count).